The number of para-hydroxylation sites is 1. The highest BCUT2D eigenvalue weighted by Crippen LogP contribution is 2.65. The molecule has 2 bridgehead atoms. The van der Waals surface area contributed by atoms with Crippen molar-refractivity contribution in [1.82, 2.24) is 4.90 Å². The van der Waals surface area contributed by atoms with E-state index in [-0.39, 0.29) is 24.6 Å². The minimum absolute atomic E-state index is 0.0154. The number of likely N-dealkylation sites (tertiary alicyclic amines) is 1. The summed E-state index contributed by atoms with van der Waals surface area (Å²) in [7, 11) is 2.01. The van der Waals surface area contributed by atoms with E-state index in [0.717, 1.165) is 17.7 Å². The second kappa shape index (κ2) is 13.4. The summed E-state index contributed by atoms with van der Waals surface area (Å²) in [4.78, 5) is 48.4. The molecule has 2 aliphatic carbocycles. The molecule has 7 rings (SSSR count). The van der Waals surface area contributed by atoms with Gasteiger partial charge >= 0.3 is 23.9 Å². The number of aliphatic hydroxyl groups is 1. The number of ether oxygens (including phenoxy) is 4. The average Bonchev–Trinajstić information content (AvgIpc) is 3.44. The van der Waals surface area contributed by atoms with E-state index < -0.39 is 47.1 Å². The van der Waals surface area contributed by atoms with Crippen LogP contribution in [0.15, 0.2) is 84.6 Å². The van der Waals surface area contributed by atoms with Crippen LogP contribution in [0.2, 0.25) is 0 Å². The molecular formula is C37H37NO11. The number of rotatable bonds is 8. The number of likely N-dealkylation sites (N-methyl/N-ethyl adjacent to an activating group) is 1. The van der Waals surface area contributed by atoms with Crippen molar-refractivity contribution < 1.29 is 53.4 Å². The summed E-state index contributed by atoms with van der Waals surface area (Å²) in [6, 6.07) is 20.4. The van der Waals surface area contributed by atoms with Crippen molar-refractivity contribution in [2.75, 3.05) is 13.6 Å². The number of hydrogen-bond acceptors (Lipinski definition) is 11. The van der Waals surface area contributed by atoms with Crippen LogP contribution >= 0.6 is 0 Å². The van der Waals surface area contributed by atoms with Crippen LogP contribution in [-0.2, 0) is 40.5 Å². The molecule has 3 aromatic carbocycles. The van der Waals surface area contributed by atoms with Crippen LogP contribution in [0, 0.1) is 0 Å². The number of piperidine rings is 1. The van der Waals surface area contributed by atoms with Crippen molar-refractivity contribution in [2.45, 2.75) is 68.3 Å². The molecule has 1 spiro atoms. The molecule has 3 aromatic rings. The van der Waals surface area contributed by atoms with Crippen LogP contribution in [0.25, 0.3) is 0 Å². The van der Waals surface area contributed by atoms with Gasteiger partial charge in [0, 0.05) is 30.5 Å². The van der Waals surface area contributed by atoms with Gasteiger partial charge in [-0.05, 0) is 56.3 Å². The molecule has 256 valence electrons. The Kier molecular flexibility index (Phi) is 9.19. The number of carbonyl (C=O) groups excluding carboxylic acids is 3. The quantitative estimate of drug-likeness (QED) is 0.233. The zero-order chi connectivity index (χ0) is 34.9. The van der Waals surface area contributed by atoms with Crippen molar-refractivity contribution >= 4 is 23.9 Å². The minimum atomic E-state index is -1.21. The topological polar surface area (TPSA) is 169 Å². The lowest BCUT2D eigenvalue weighted by atomic mass is 9.50. The van der Waals surface area contributed by atoms with Gasteiger partial charge in [-0.25, -0.2) is 4.79 Å². The van der Waals surface area contributed by atoms with Gasteiger partial charge in [0.05, 0.1) is 23.9 Å². The first kappa shape index (κ1) is 33.7. The molecule has 0 amide bonds. The number of carbonyl (C=O) groups is 4. The van der Waals surface area contributed by atoms with Crippen molar-refractivity contribution in [3.05, 3.63) is 101 Å². The zero-order valence-corrected chi connectivity index (χ0v) is 27.0. The van der Waals surface area contributed by atoms with Gasteiger partial charge in [-0.2, -0.15) is 0 Å². The maximum Gasteiger partial charge on any atom is 0.349 e. The molecule has 4 aliphatic rings. The normalized spacial score (nSPS) is 24.8. The third kappa shape index (κ3) is 6.13. The lowest BCUT2D eigenvalue weighted by molar-refractivity contribution is -0.169. The fourth-order valence-corrected chi connectivity index (χ4v) is 7.55. The van der Waals surface area contributed by atoms with E-state index in [0.29, 0.717) is 42.1 Å². The maximum absolute atomic E-state index is 12.7. The summed E-state index contributed by atoms with van der Waals surface area (Å²) in [6.45, 7) is 1.92. The molecule has 0 unspecified atom stereocenters. The molecule has 12 nitrogen and oxygen atoms in total. The molecular weight excluding hydrogens is 634 g/mol. The summed E-state index contributed by atoms with van der Waals surface area (Å²) in [5, 5.41) is 31.5. The average molecular weight is 672 g/mol. The van der Waals surface area contributed by atoms with Crippen molar-refractivity contribution in [1.29, 1.82) is 0 Å². The first-order valence-electron chi connectivity index (χ1n) is 16.0. The Labute approximate surface area is 282 Å². The van der Waals surface area contributed by atoms with Crippen LogP contribution in [-0.4, -0.2) is 75.4 Å². The maximum atomic E-state index is 12.7. The monoisotopic (exact) mass is 671 g/mol. The Balaban J connectivity index is 0.000000251. The fraction of sp³-hybridized carbons (Fsp3) is 0.351. The Bertz CT molecular complexity index is 1790. The van der Waals surface area contributed by atoms with Crippen molar-refractivity contribution in [2.24, 2.45) is 0 Å². The lowest BCUT2D eigenvalue weighted by Crippen LogP contribution is -2.74. The zero-order valence-electron chi connectivity index (χ0n) is 27.0. The van der Waals surface area contributed by atoms with Gasteiger partial charge in [0.1, 0.15) is 11.5 Å². The number of aromatic hydroxyl groups is 1. The molecule has 0 aromatic heterocycles. The molecule has 5 atom stereocenters. The summed E-state index contributed by atoms with van der Waals surface area (Å²) < 4.78 is 21.9. The molecule has 2 heterocycles. The van der Waals surface area contributed by atoms with Gasteiger partial charge in [-0.15, -0.1) is 0 Å². The molecule has 3 N–H and O–H groups in total. The highest BCUT2D eigenvalue weighted by atomic mass is 16.6. The van der Waals surface area contributed by atoms with E-state index in [1.54, 1.807) is 66.7 Å². The van der Waals surface area contributed by atoms with Crippen LogP contribution in [0.1, 0.15) is 55.4 Å². The van der Waals surface area contributed by atoms with Gasteiger partial charge in [-0.1, -0.05) is 54.6 Å². The van der Waals surface area contributed by atoms with E-state index in [4.69, 9.17) is 19.3 Å². The van der Waals surface area contributed by atoms with Crippen LogP contribution in [0.4, 0.5) is 0 Å². The molecule has 1 fully saturated rings. The molecule has 12 heteroatoms. The van der Waals surface area contributed by atoms with Crippen molar-refractivity contribution in [3.8, 4) is 17.2 Å². The van der Waals surface area contributed by atoms with Gasteiger partial charge in [0.25, 0.3) is 0 Å². The number of benzene rings is 3. The molecule has 49 heavy (non-hydrogen) atoms. The number of phenols is 1. The summed E-state index contributed by atoms with van der Waals surface area (Å²) in [5.41, 5.74) is 0.393. The van der Waals surface area contributed by atoms with Crippen molar-refractivity contribution in [3.63, 3.8) is 0 Å². The van der Waals surface area contributed by atoms with Crippen LogP contribution in [0.5, 0.6) is 17.2 Å². The Morgan fingerprint density at radius 3 is 2.27 bits per heavy atom. The lowest BCUT2D eigenvalue weighted by Gasteiger charge is -2.61. The molecule has 0 radical (unpaired) electrons. The number of esters is 3. The number of carboxylic acids is 1. The predicted molar refractivity (Wildman–Crippen MR) is 173 cm³/mol. The predicted octanol–water partition coefficient (Wildman–Crippen LogP) is 3.97. The minimum Gasteiger partial charge on any atom is -0.504 e. The summed E-state index contributed by atoms with van der Waals surface area (Å²) >= 11 is 0. The van der Waals surface area contributed by atoms with E-state index in [2.05, 4.69) is 9.64 Å². The van der Waals surface area contributed by atoms with Gasteiger partial charge < -0.3 is 39.2 Å². The fourth-order valence-electron chi connectivity index (χ4n) is 7.55. The Morgan fingerprint density at radius 2 is 1.61 bits per heavy atom. The number of hydrogen-bond donors (Lipinski definition) is 3. The molecule has 2 aliphatic heterocycles. The Hall–Kier alpha value is -5.20. The summed E-state index contributed by atoms with van der Waals surface area (Å²) in [5.74, 6) is -1.77. The standard InChI is InChI=1S/C27H27NO7.C10H10O4/c1-28-14-13-26-23-16-7-8-18(29)24(23)35-25(26)19(11-12-27(26,32)20(28)15-16)34-22(31)10-9-21(30)33-17-5-3-2-4-6-17;1-7(11)14-9(10(12)13)8-5-3-2-4-6-8/h2-8,11,20,25,29,32H,9-10,12-15H2,1H3;2-6,9H,1H3,(H,12,13)/t20-,25+,26+,27-;9-/m10/s1. The third-order valence-corrected chi connectivity index (χ3v) is 9.70. The third-order valence-electron chi connectivity index (χ3n) is 9.70. The Morgan fingerprint density at radius 1 is 0.959 bits per heavy atom. The highest BCUT2D eigenvalue weighted by Gasteiger charge is 2.72. The number of phenolic OH excluding ortho intramolecular Hbond substituents is 1. The SMILES string of the molecule is CC(=O)O[C@H](C(=O)O)c1ccccc1.CN1CC[C@]23c4c5ccc(O)c4O[C@H]2C(OC(=O)CCC(=O)Oc2ccccc2)=CC[C@@]3(O)[C@H]1C5. The highest BCUT2D eigenvalue weighted by molar-refractivity contribution is 5.80. The molecule has 1 saturated heterocycles. The number of aliphatic carboxylic acids is 1. The van der Waals surface area contributed by atoms with Crippen LogP contribution in [0.3, 0.4) is 0 Å². The first-order valence-corrected chi connectivity index (χ1v) is 16.0. The molecule has 0 saturated carbocycles. The second-order valence-corrected chi connectivity index (χ2v) is 12.6. The smallest absolute Gasteiger partial charge is 0.349 e. The number of nitrogens with zero attached hydrogens (tertiary/aromatic N) is 1. The summed E-state index contributed by atoms with van der Waals surface area (Å²) in [6.07, 6.45) is 1.05. The van der Waals surface area contributed by atoms with E-state index in [1.807, 2.05) is 19.2 Å². The van der Waals surface area contributed by atoms with Gasteiger partial charge in [-0.3, -0.25) is 14.4 Å². The first-order chi connectivity index (χ1) is 23.4. The largest absolute Gasteiger partial charge is 0.504 e. The van der Waals surface area contributed by atoms with E-state index in [1.165, 1.54) is 6.92 Å². The second-order valence-electron chi connectivity index (χ2n) is 12.6. The van der Waals surface area contributed by atoms with Gasteiger partial charge in [0.2, 0.25) is 6.10 Å². The number of carboxylic acid groups (broad SMARTS) is 1. The van der Waals surface area contributed by atoms with Gasteiger partial charge in [0.15, 0.2) is 17.6 Å². The van der Waals surface area contributed by atoms with E-state index in [9.17, 15) is 29.4 Å². The van der Waals surface area contributed by atoms with E-state index >= 15 is 0 Å². The van der Waals surface area contributed by atoms with Crippen LogP contribution < -0.4 is 9.47 Å².